The summed E-state index contributed by atoms with van der Waals surface area (Å²) in [7, 11) is 0. The van der Waals surface area contributed by atoms with Gasteiger partial charge in [-0.3, -0.25) is 4.79 Å². The van der Waals surface area contributed by atoms with Gasteiger partial charge in [0.15, 0.2) is 0 Å². The van der Waals surface area contributed by atoms with Crippen LogP contribution in [0, 0.1) is 0 Å². The number of hydrazine groups is 1. The van der Waals surface area contributed by atoms with Crippen LogP contribution in [0.15, 0.2) is 18.2 Å². The van der Waals surface area contributed by atoms with Gasteiger partial charge in [-0.15, -0.1) is 0 Å². The van der Waals surface area contributed by atoms with Gasteiger partial charge in [0.05, 0.1) is 0 Å². The molecule has 4 N–H and O–H groups in total. The Labute approximate surface area is 108 Å². The summed E-state index contributed by atoms with van der Waals surface area (Å²) in [5.41, 5.74) is 2.46. The molecule has 8 heteroatoms. The van der Waals surface area contributed by atoms with E-state index in [0.717, 1.165) is 0 Å². The molecule has 106 valence electrons. The van der Waals surface area contributed by atoms with Gasteiger partial charge in [-0.1, -0.05) is 6.07 Å². The SMILES string of the molecule is NNc1cccc(C(=O)NCCCCC(F)(F)F)n1. The second kappa shape index (κ2) is 6.93. The number of amides is 1. The number of carbonyl (C=O) groups is 1. The molecule has 0 aliphatic rings. The minimum Gasteiger partial charge on any atom is -0.351 e. The smallest absolute Gasteiger partial charge is 0.351 e. The Hall–Kier alpha value is -1.83. The number of nitrogens with one attached hydrogen (secondary N) is 2. The summed E-state index contributed by atoms with van der Waals surface area (Å²) in [6.45, 7) is 0.177. The third-order valence-electron chi connectivity index (χ3n) is 2.30. The molecule has 0 saturated heterocycles. The minimum atomic E-state index is -4.15. The summed E-state index contributed by atoms with van der Waals surface area (Å²) in [5, 5.41) is 2.50. The Kier molecular flexibility index (Phi) is 5.56. The Morgan fingerprint density at radius 1 is 1.32 bits per heavy atom. The van der Waals surface area contributed by atoms with Crippen LogP contribution < -0.4 is 16.6 Å². The zero-order valence-corrected chi connectivity index (χ0v) is 10.1. The molecular formula is C11H15F3N4O. The number of rotatable bonds is 6. The molecule has 0 spiro atoms. The van der Waals surface area contributed by atoms with Crippen LogP contribution in [0.4, 0.5) is 19.0 Å². The van der Waals surface area contributed by atoms with Gasteiger partial charge in [-0.25, -0.2) is 10.8 Å². The first kappa shape index (κ1) is 15.2. The van der Waals surface area contributed by atoms with Crippen molar-refractivity contribution in [2.45, 2.75) is 25.4 Å². The number of carbonyl (C=O) groups excluding carboxylic acids is 1. The lowest BCUT2D eigenvalue weighted by atomic mass is 10.2. The monoisotopic (exact) mass is 276 g/mol. The van der Waals surface area contributed by atoms with Crippen molar-refractivity contribution in [1.29, 1.82) is 0 Å². The molecule has 0 atom stereocenters. The molecule has 0 bridgehead atoms. The maximum Gasteiger partial charge on any atom is 0.389 e. The van der Waals surface area contributed by atoms with E-state index in [9.17, 15) is 18.0 Å². The fourth-order valence-electron chi connectivity index (χ4n) is 1.38. The van der Waals surface area contributed by atoms with Gasteiger partial charge in [-0.05, 0) is 25.0 Å². The highest BCUT2D eigenvalue weighted by Crippen LogP contribution is 2.21. The lowest BCUT2D eigenvalue weighted by Crippen LogP contribution is -2.26. The number of nitrogen functional groups attached to an aromatic ring is 1. The average Bonchev–Trinajstić information content (AvgIpc) is 2.37. The highest BCUT2D eigenvalue weighted by molar-refractivity contribution is 5.92. The first-order valence-corrected chi connectivity index (χ1v) is 5.71. The molecular weight excluding hydrogens is 261 g/mol. The second-order valence-corrected chi connectivity index (χ2v) is 3.88. The van der Waals surface area contributed by atoms with Crippen LogP contribution in [-0.4, -0.2) is 23.6 Å². The average molecular weight is 276 g/mol. The largest absolute Gasteiger partial charge is 0.389 e. The molecule has 0 radical (unpaired) electrons. The number of unbranched alkanes of at least 4 members (excludes halogenated alkanes) is 1. The molecule has 0 aromatic carbocycles. The van der Waals surface area contributed by atoms with Crippen molar-refractivity contribution in [1.82, 2.24) is 10.3 Å². The van der Waals surface area contributed by atoms with E-state index in [-0.39, 0.29) is 25.1 Å². The predicted octanol–water partition coefficient (Wildman–Crippen LogP) is 1.83. The lowest BCUT2D eigenvalue weighted by molar-refractivity contribution is -0.135. The summed E-state index contributed by atoms with van der Waals surface area (Å²) >= 11 is 0. The van der Waals surface area contributed by atoms with E-state index in [2.05, 4.69) is 15.7 Å². The predicted molar refractivity (Wildman–Crippen MR) is 64.3 cm³/mol. The molecule has 19 heavy (non-hydrogen) atoms. The molecule has 1 aromatic rings. The third-order valence-corrected chi connectivity index (χ3v) is 2.30. The number of halogens is 3. The maximum atomic E-state index is 11.9. The Bertz CT molecular complexity index is 423. The molecule has 1 aromatic heterocycles. The standard InChI is InChI=1S/C11H15F3N4O/c12-11(13,14)6-1-2-7-16-10(19)8-4-3-5-9(17-8)18-15/h3-5H,1-2,6-7,15H2,(H,16,19)(H,17,18). The number of nitrogens with two attached hydrogens (primary N) is 1. The Morgan fingerprint density at radius 3 is 2.68 bits per heavy atom. The number of nitrogens with zero attached hydrogens (tertiary/aromatic N) is 1. The van der Waals surface area contributed by atoms with Gasteiger partial charge >= 0.3 is 6.18 Å². The molecule has 0 aliphatic carbocycles. The Balaban J connectivity index is 2.31. The molecule has 0 unspecified atom stereocenters. The van der Waals surface area contributed by atoms with Crippen LogP contribution in [0.25, 0.3) is 0 Å². The summed E-state index contributed by atoms with van der Waals surface area (Å²) in [5.74, 6) is 5.05. The summed E-state index contributed by atoms with van der Waals surface area (Å²) < 4.78 is 35.6. The Morgan fingerprint density at radius 2 is 2.05 bits per heavy atom. The van der Waals surface area contributed by atoms with Crippen LogP contribution >= 0.6 is 0 Å². The van der Waals surface area contributed by atoms with Crippen LogP contribution in [0.1, 0.15) is 29.8 Å². The zero-order chi connectivity index (χ0) is 14.3. The second-order valence-electron chi connectivity index (χ2n) is 3.88. The molecule has 1 rings (SSSR count). The summed E-state index contributed by atoms with van der Waals surface area (Å²) in [6.07, 6.45) is -4.73. The van der Waals surface area contributed by atoms with Crippen molar-refractivity contribution in [3.63, 3.8) is 0 Å². The molecule has 0 saturated carbocycles. The van der Waals surface area contributed by atoms with Crippen molar-refractivity contribution in [2.24, 2.45) is 5.84 Å². The summed E-state index contributed by atoms with van der Waals surface area (Å²) in [6, 6.07) is 4.67. The molecule has 0 aliphatic heterocycles. The number of alkyl halides is 3. The minimum absolute atomic E-state index is 0.0123. The number of aromatic nitrogens is 1. The van der Waals surface area contributed by atoms with E-state index in [0.29, 0.717) is 5.82 Å². The van der Waals surface area contributed by atoms with Gasteiger partial charge in [0.25, 0.3) is 5.91 Å². The number of anilines is 1. The lowest BCUT2D eigenvalue weighted by Gasteiger charge is -2.07. The van der Waals surface area contributed by atoms with Gasteiger partial charge in [-0.2, -0.15) is 13.2 Å². The highest BCUT2D eigenvalue weighted by Gasteiger charge is 2.25. The zero-order valence-electron chi connectivity index (χ0n) is 10.1. The molecule has 0 fully saturated rings. The van der Waals surface area contributed by atoms with Crippen LogP contribution in [0.5, 0.6) is 0 Å². The highest BCUT2D eigenvalue weighted by atomic mass is 19.4. The van der Waals surface area contributed by atoms with Crippen molar-refractivity contribution < 1.29 is 18.0 Å². The van der Waals surface area contributed by atoms with E-state index in [1.807, 2.05) is 0 Å². The fraction of sp³-hybridized carbons (Fsp3) is 0.455. The van der Waals surface area contributed by atoms with Gasteiger partial charge in [0.1, 0.15) is 11.5 Å². The van der Waals surface area contributed by atoms with E-state index < -0.39 is 18.5 Å². The van der Waals surface area contributed by atoms with E-state index in [1.54, 1.807) is 12.1 Å². The van der Waals surface area contributed by atoms with Gasteiger partial charge in [0.2, 0.25) is 0 Å². The topological polar surface area (TPSA) is 80.0 Å². The van der Waals surface area contributed by atoms with Gasteiger partial charge in [0, 0.05) is 13.0 Å². The molecule has 1 amide bonds. The molecule has 5 nitrogen and oxygen atoms in total. The fourth-order valence-corrected chi connectivity index (χ4v) is 1.38. The number of pyridine rings is 1. The first-order valence-electron chi connectivity index (χ1n) is 5.71. The maximum absolute atomic E-state index is 11.9. The normalized spacial score (nSPS) is 11.2. The van der Waals surface area contributed by atoms with Crippen molar-refractivity contribution in [2.75, 3.05) is 12.0 Å². The number of hydrogen-bond donors (Lipinski definition) is 3. The van der Waals surface area contributed by atoms with Crippen LogP contribution in [0.2, 0.25) is 0 Å². The van der Waals surface area contributed by atoms with E-state index >= 15 is 0 Å². The van der Waals surface area contributed by atoms with Crippen LogP contribution in [-0.2, 0) is 0 Å². The van der Waals surface area contributed by atoms with E-state index in [4.69, 9.17) is 5.84 Å². The first-order chi connectivity index (χ1) is 8.92. The van der Waals surface area contributed by atoms with E-state index in [1.165, 1.54) is 6.07 Å². The van der Waals surface area contributed by atoms with Gasteiger partial charge < -0.3 is 10.7 Å². The molecule has 1 heterocycles. The van der Waals surface area contributed by atoms with Crippen molar-refractivity contribution >= 4 is 11.7 Å². The summed E-state index contributed by atoms with van der Waals surface area (Å²) in [4.78, 5) is 15.5. The third kappa shape index (κ3) is 6.05. The van der Waals surface area contributed by atoms with Crippen LogP contribution in [0.3, 0.4) is 0 Å². The quantitative estimate of drug-likeness (QED) is 0.421. The van der Waals surface area contributed by atoms with Crippen molar-refractivity contribution in [3.05, 3.63) is 23.9 Å². The van der Waals surface area contributed by atoms with Crippen molar-refractivity contribution in [3.8, 4) is 0 Å². The number of hydrogen-bond acceptors (Lipinski definition) is 4.